The van der Waals surface area contributed by atoms with Crippen LogP contribution in [0.4, 0.5) is 0 Å². The normalized spacial score (nSPS) is 17.0. The summed E-state index contributed by atoms with van der Waals surface area (Å²) in [7, 11) is 1.44. The highest BCUT2D eigenvalue weighted by atomic mass is 16.5. The molecule has 1 saturated carbocycles. The van der Waals surface area contributed by atoms with E-state index in [0.717, 1.165) is 24.7 Å². The number of esters is 1. The fourth-order valence-electron chi connectivity index (χ4n) is 3.19. The Labute approximate surface area is 134 Å². The smallest absolute Gasteiger partial charge is 0.306 e. The zero-order valence-corrected chi connectivity index (χ0v) is 13.8. The zero-order valence-electron chi connectivity index (χ0n) is 13.8. The van der Waals surface area contributed by atoms with Gasteiger partial charge in [0.25, 0.3) is 0 Å². The molecule has 1 aromatic rings. The van der Waals surface area contributed by atoms with Crippen LogP contribution < -0.4 is 4.74 Å². The molecule has 3 heteroatoms. The van der Waals surface area contributed by atoms with Crippen molar-refractivity contribution in [2.75, 3.05) is 13.7 Å². The van der Waals surface area contributed by atoms with E-state index in [-0.39, 0.29) is 11.9 Å². The SMILES string of the molecule is CC[C@H](CC(=O)OC)c1ccc(OCC2CCCCC2)cc1. The highest BCUT2D eigenvalue weighted by Crippen LogP contribution is 2.27. The maximum Gasteiger partial charge on any atom is 0.306 e. The van der Waals surface area contributed by atoms with Crippen LogP contribution in [-0.2, 0) is 9.53 Å². The first-order chi connectivity index (χ1) is 10.7. The lowest BCUT2D eigenvalue weighted by Gasteiger charge is -2.22. The molecule has 0 unspecified atom stereocenters. The molecule has 0 radical (unpaired) electrons. The quantitative estimate of drug-likeness (QED) is 0.685. The Hall–Kier alpha value is -1.51. The van der Waals surface area contributed by atoms with Gasteiger partial charge in [0.1, 0.15) is 5.75 Å². The van der Waals surface area contributed by atoms with E-state index in [2.05, 4.69) is 19.1 Å². The zero-order chi connectivity index (χ0) is 15.8. The number of hydrogen-bond acceptors (Lipinski definition) is 3. The number of benzene rings is 1. The number of rotatable bonds is 7. The van der Waals surface area contributed by atoms with E-state index in [1.165, 1.54) is 44.8 Å². The third-order valence-electron chi connectivity index (χ3n) is 4.70. The minimum Gasteiger partial charge on any atom is -0.493 e. The molecule has 0 spiro atoms. The van der Waals surface area contributed by atoms with Crippen LogP contribution in [0.15, 0.2) is 24.3 Å². The summed E-state index contributed by atoms with van der Waals surface area (Å²) in [5.41, 5.74) is 1.18. The van der Waals surface area contributed by atoms with Gasteiger partial charge in [0.15, 0.2) is 0 Å². The molecule has 0 aromatic heterocycles. The third-order valence-corrected chi connectivity index (χ3v) is 4.70. The second kappa shape index (κ2) is 8.82. The lowest BCUT2D eigenvalue weighted by atomic mass is 9.90. The Balaban J connectivity index is 1.86. The molecule has 1 aromatic carbocycles. The number of ether oxygens (including phenoxy) is 2. The van der Waals surface area contributed by atoms with Gasteiger partial charge in [-0.15, -0.1) is 0 Å². The van der Waals surface area contributed by atoms with E-state index >= 15 is 0 Å². The molecule has 0 bridgehead atoms. The van der Waals surface area contributed by atoms with Crippen LogP contribution in [0.2, 0.25) is 0 Å². The van der Waals surface area contributed by atoms with Crippen molar-refractivity contribution >= 4 is 5.97 Å². The molecule has 1 aliphatic rings. The second-order valence-corrected chi connectivity index (χ2v) is 6.27. The van der Waals surface area contributed by atoms with Crippen molar-refractivity contribution in [1.82, 2.24) is 0 Å². The van der Waals surface area contributed by atoms with Crippen LogP contribution in [-0.4, -0.2) is 19.7 Å². The maximum atomic E-state index is 11.5. The summed E-state index contributed by atoms with van der Waals surface area (Å²) in [4.78, 5) is 11.5. The van der Waals surface area contributed by atoms with E-state index in [0.29, 0.717) is 6.42 Å². The Morgan fingerprint density at radius 2 is 1.86 bits per heavy atom. The van der Waals surface area contributed by atoms with Gasteiger partial charge < -0.3 is 9.47 Å². The summed E-state index contributed by atoms with van der Waals surface area (Å²) in [6, 6.07) is 8.21. The van der Waals surface area contributed by atoms with Crippen molar-refractivity contribution in [1.29, 1.82) is 0 Å². The number of hydrogen-bond donors (Lipinski definition) is 0. The number of carbonyl (C=O) groups is 1. The molecule has 1 atom stereocenters. The van der Waals surface area contributed by atoms with E-state index < -0.39 is 0 Å². The molecule has 0 amide bonds. The number of methoxy groups -OCH3 is 1. The van der Waals surface area contributed by atoms with Crippen LogP contribution in [0.5, 0.6) is 5.75 Å². The fourth-order valence-corrected chi connectivity index (χ4v) is 3.19. The predicted molar refractivity (Wildman–Crippen MR) is 88.2 cm³/mol. The maximum absolute atomic E-state index is 11.5. The lowest BCUT2D eigenvalue weighted by Crippen LogP contribution is -2.15. The van der Waals surface area contributed by atoms with Gasteiger partial charge in [-0.25, -0.2) is 0 Å². The van der Waals surface area contributed by atoms with Crippen LogP contribution in [0.3, 0.4) is 0 Å². The minimum absolute atomic E-state index is 0.149. The predicted octanol–water partition coefficient (Wildman–Crippen LogP) is 4.70. The highest BCUT2D eigenvalue weighted by Gasteiger charge is 2.16. The van der Waals surface area contributed by atoms with Gasteiger partial charge in [-0.2, -0.15) is 0 Å². The monoisotopic (exact) mass is 304 g/mol. The fraction of sp³-hybridized carbons (Fsp3) is 0.632. The topological polar surface area (TPSA) is 35.5 Å². The molecule has 1 fully saturated rings. The molecule has 3 nitrogen and oxygen atoms in total. The average molecular weight is 304 g/mol. The van der Waals surface area contributed by atoms with Gasteiger partial charge in [0.2, 0.25) is 0 Å². The molecule has 0 N–H and O–H groups in total. The van der Waals surface area contributed by atoms with Gasteiger partial charge in [-0.1, -0.05) is 38.3 Å². The van der Waals surface area contributed by atoms with Gasteiger partial charge in [0.05, 0.1) is 20.1 Å². The summed E-state index contributed by atoms with van der Waals surface area (Å²) in [5, 5.41) is 0. The molecule has 122 valence electrons. The summed E-state index contributed by atoms with van der Waals surface area (Å²) < 4.78 is 10.7. The van der Waals surface area contributed by atoms with Crippen molar-refractivity contribution in [3.8, 4) is 5.75 Å². The summed E-state index contributed by atoms with van der Waals surface area (Å²) in [6.45, 7) is 2.93. The van der Waals surface area contributed by atoms with Crippen LogP contribution in [0.1, 0.15) is 63.4 Å². The van der Waals surface area contributed by atoms with Crippen LogP contribution in [0, 0.1) is 5.92 Å². The Bertz CT molecular complexity index is 446. The van der Waals surface area contributed by atoms with Crippen molar-refractivity contribution in [2.24, 2.45) is 5.92 Å². The Morgan fingerprint density at radius 3 is 2.45 bits per heavy atom. The first kappa shape index (κ1) is 16.9. The molecular formula is C19H28O3. The third kappa shape index (κ3) is 5.04. The highest BCUT2D eigenvalue weighted by molar-refractivity contribution is 5.70. The average Bonchev–Trinajstić information content (AvgIpc) is 2.59. The Morgan fingerprint density at radius 1 is 1.18 bits per heavy atom. The van der Waals surface area contributed by atoms with E-state index in [9.17, 15) is 4.79 Å². The second-order valence-electron chi connectivity index (χ2n) is 6.27. The largest absolute Gasteiger partial charge is 0.493 e. The molecule has 2 rings (SSSR count). The summed E-state index contributed by atoms with van der Waals surface area (Å²) in [6.07, 6.45) is 8.04. The first-order valence-corrected chi connectivity index (χ1v) is 8.52. The van der Waals surface area contributed by atoms with Gasteiger partial charge >= 0.3 is 5.97 Å². The van der Waals surface area contributed by atoms with Gasteiger partial charge in [-0.05, 0) is 48.8 Å². The molecule has 0 aliphatic heterocycles. The van der Waals surface area contributed by atoms with E-state index in [4.69, 9.17) is 9.47 Å². The molecule has 0 heterocycles. The first-order valence-electron chi connectivity index (χ1n) is 8.52. The van der Waals surface area contributed by atoms with E-state index in [1.54, 1.807) is 0 Å². The van der Waals surface area contributed by atoms with Crippen LogP contribution in [0.25, 0.3) is 0 Å². The molecular weight excluding hydrogens is 276 g/mol. The molecule has 22 heavy (non-hydrogen) atoms. The minimum atomic E-state index is -0.149. The molecule has 1 aliphatic carbocycles. The number of carbonyl (C=O) groups excluding carboxylic acids is 1. The summed E-state index contributed by atoms with van der Waals surface area (Å²) in [5.74, 6) is 1.72. The van der Waals surface area contributed by atoms with Crippen molar-refractivity contribution in [2.45, 2.75) is 57.8 Å². The lowest BCUT2D eigenvalue weighted by molar-refractivity contribution is -0.141. The standard InChI is InChI=1S/C19H28O3/c1-3-16(13-19(20)21-2)17-9-11-18(12-10-17)22-14-15-7-5-4-6-8-15/h9-12,15-16H,3-8,13-14H2,1-2H3/t16-/m1/s1. The summed E-state index contributed by atoms with van der Waals surface area (Å²) >= 11 is 0. The van der Waals surface area contributed by atoms with Gasteiger partial charge in [0, 0.05) is 0 Å². The van der Waals surface area contributed by atoms with Crippen molar-refractivity contribution in [3.63, 3.8) is 0 Å². The van der Waals surface area contributed by atoms with E-state index in [1.807, 2.05) is 12.1 Å². The van der Waals surface area contributed by atoms with Gasteiger partial charge in [-0.3, -0.25) is 4.79 Å². The van der Waals surface area contributed by atoms with Crippen LogP contribution >= 0.6 is 0 Å². The Kier molecular flexibility index (Phi) is 6.75. The molecule has 0 saturated heterocycles. The van der Waals surface area contributed by atoms with Crippen molar-refractivity contribution < 1.29 is 14.3 Å². The van der Waals surface area contributed by atoms with Crippen molar-refractivity contribution in [3.05, 3.63) is 29.8 Å².